The Morgan fingerprint density at radius 2 is 1.79 bits per heavy atom. The molecular weight excluding hydrogens is 243 g/mol. The summed E-state index contributed by atoms with van der Waals surface area (Å²) in [5, 5.41) is 0. The number of pyridine rings is 1. The largest absolute Gasteiger partial charge is 0.335 e. The molecule has 2 aromatic rings. The quantitative estimate of drug-likeness (QED) is 0.844. The van der Waals surface area contributed by atoms with Crippen LogP contribution in [0.1, 0.15) is 22.8 Å². The highest BCUT2D eigenvalue weighted by molar-refractivity contribution is 5.94. The zero-order valence-electron chi connectivity index (χ0n) is 10.7. The molecule has 0 atom stereocenters. The molecule has 1 amide bonds. The van der Waals surface area contributed by atoms with Gasteiger partial charge in [0.15, 0.2) is 0 Å². The van der Waals surface area contributed by atoms with Crippen LogP contribution in [-0.2, 0) is 6.54 Å². The van der Waals surface area contributed by atoms with Gasteiger partial charge < -0.3 is 4.90 Å². The molecule has 1 heterocycles. The first-order valence-electron chi connectivity index (χ1n) is 6.14. The lowest BCUT2D eigenvalue weighted by molar-refractivity contribution is 0.0752. The van der Waals surface area contributed by atoms with Gasteiger partial charge in [0.05, 0.1) is 0 Å². The van der Waals surface area contributed by atoms with Crippen LogP contribution in [0, 0.1) is 5.82 Å². The molecular formula is C15H15FN2O. The molecule has 0 N–H and O–H groups in total. The lowest BCUT2D eigenvalue weighted by Crippen LogP contribution is -2.30. The van der Waals surface area contributed by atoms with E-state index in [1.807, 2.05) is 19.1 Å². The summed E-state index contributed by atoms with van der Waals surface area (Å²) in [5.41, 5.74) is 1.52. The Balaban J connectivity index is 2.13. The number of hydrogen-bond acceptors (Lipinski definition) is 2. The van der Waals surface area contributed by atoms with Crippen LogP contribution in [0.2, 0.25) is 0 Å². The third-order valence-corrected chi connectivity index (χ3v) is 2.88. The van der Waals surface area contributed by atoms with Gasteiger partial charge in [-0.2, -0.15) is 0 Å². The van der Waals surface area contributed by atoms with Gasteiger partial charge in [0, 0.05) is 31.0 Å². The summed E-state index contributed by atoms with van der Waals surface area (Å²) in [6.07, 6.45) is 3.40. The fourth-order valence-corrected chi connectivity index (χ4v) is 1.81. The maximum absolute atomic E-state index is 12.8. The van der Waals surface area contributed by atoms with Crippen molar-refractivity contribution in [2.45, 2.75) is 13.5 Å². The maximum Gasteiger partial charge on any atom is 0.254 e. The number of halogens is 1. The fraction of sp³-hybridized carbons (Fsp3) is 0.200. The molecule has 0 aliphatic heterocycles. The van der Waals surface area contributed by atoms with Crippen LogP contribution in [0.25, 0.3) is 0 Å². The van der Waals surface area contributed by atoms with Gasteiger partial charge in [-0.1, -0.05) is 0 Å². The summed E-state index contributed by atoms with van der Waals surface area (Å²) in [6.45, 7) is 3.04. The van der Waals surface area contributed by atoms with E-state index >= 15 is 0 Å². The predicted octanol–water partition coefficient (Wildman–Crippen LogP) is 2.88. The van der Waals surface area contributed by atoms with E-state index < -0.39 is 0 Å². The van der Waals surface area contributed by atoms with E-state index in [4.69, 9.17) is 0 Å². The average molecular weight is 258 g/mol. The molecule has 0 saturated heterocycles. The molecule has 0 unspecified atom stereocenters. The molecule has 0 bridgehead atoms. The number of carbonyl (C=O) groups excluding carboxylic acids is 1. The summed E-state index contributed by atoms with van der Waals surface area (Å²) in [4.78, 5) is 17.9. The van der Waals surface area contributed by atoms with Gasteiger partial charge in [0.2, 0.25) is 0 Å². The minimum Gasteiger partial charge on any atom is -0.335 e. The molecule has 0 spiro atoms. The second-order valence-electron chi connectivity index (χ2n) is 4.18. The zero-order chi connectivity index (χ0) is 13.7. The average Bonchev–Trinajstić information content (AvgIpc) is 2.46. The molecule has 1 aromatic carbocycles. The first kappa shape index (κ1) is 13.2. The summed E-state index contributed by atoms with van der Waals surface area (Å²) in [6, 6.07) is 9.36. The van der Waals surface area contributed by atoms with Crippen molar-refractivity contribution >= 4 is 5.91 Å². The normalized spacial score (nSPS) is 10.2. The van der Waals surface area contributed by atoms with Crippen molar-refractivity contribution in [1.29, 1.82) is 0 Å². The van der Waals surface area contributed by atoms with Gasteiger partial charge in [-0.3, -0.25) is 9.78 Å². The van der Waals surface area contributed by atoms with Crippen molar-refractivity contribution in [2.24, 2.45) is 0 Å². The molecule has 0 fully saturated rings. The third-order valence-electron chi connectivity index (χ3n) is 2.88. The van der Waals surface area contributed by atoms with E-state index in [2.05, 4.69) is 4.98 Å². The number of nitrogens with zero attached hydrogens (tertiary/aromatic N) is 2. The summed E-state index contributed by atoms with van der Waals surface area (Å²) >= 11 is 0. The molecule has 0 radical (unpaired) electrons. The van der Waals surface area contributed by atoms with E-state index in [-0.39, 0.29) is 11.7 Å². The lowest BCUT2D eigenvalue weighted by Gasteiger charge is -2.21. The first-order chi connectivity index (χ1) is 9.20. The smallest absolute Gasteiger partial charge is 0.254 e. The van der Waals surface area contributed by atoms with Gasteiger partial charge in [-0.25, -0.2) is 4.39 Å². The second kappa shape index (κ2) is 6.09. The number of rotatable bonds is 4. The third kappa shape index (κ3) is 3.37. The van der Waals surface area contributed by atoms with Crippen molar-refractivity contribution < 1.29 is 9.18 Å². The minimum atomic E-state index is -0.339. The van der Waals surface area contributed by atoms with Gasteiger partial charge in [-0.15, -0.1) is 0 Å². The van der Waals surface area contributed by atoms with Crippen molar-refractivity contribution in [2.75, 3.05) is 6.54 Å². The number of amides is 1. The topological polar surface area (TPSA) is 33.2 Å². The van der Waals surface area contributed by atoms with E-state index in [9.17, 15) is 9.18 Å². The standard InChI is InChI=1S/C15H15FN2O/c1-2-18(11-12-7-9-17-10-8-12)15(19)13-3-5-14(16)6-4-13/h3-10H,2,11H2,1H3. The van der Waals surface area contributed by atoms with Gasteiger partial charge in [0.1, 0.15) is 5.82 Å². The maximum atomic E-state index is 12.8. The van der Waals surface area contributed by atoms with Crippen LogP contribution in [0.15, 0.2) is 48.8 Å². The Kier molecular flexibility index (Phi) is 4.23. The molecule has 2 rings (SSSR count). The molecule has 19 heavy (non-hydrogen) atoms. The fourth-order valence-electron chi connectivity index (χ4n) is 1.81. The Morgan fingerprint density at radius 3 is 2.37 bits per heavy atom. The van der Waals surface area contributed by atoms with Crippen molar-refractivity contribution in [3.63, 3.8) is 0 Å². The highest BCUT2D eigenvalue weighted by atomic mass is 19.1. The number of benzene rings is 1. The van der Waals surface area contributed by atoms with Crippen LogP contribution in [0.3, 0.4) is 0 Å². The zero-order valence-corrected chi connectivity index (χ0v) is 10.7. The van der Waals surface area contributed by atoms with Crippen LogP contribution >= 0.6 is 0 Å². The second-order valence-corrected chi connectivity index (χ2v) is 4.18. The van der Waals surface area contributed by atoms with E-state index in [0.29, 0.717) is 18.7 Å². The lowest BCUT2D eigenvalue weighted by atomic mass is 10.1. The summed E-state index contributed by atoms with van der Waals surface area (Å²) < 4.78 is 12.8. The van der Waals surface area contributed by atoms with Gasteiger partial charge in [-0.05, 0) is 48.9 Å². The Bertz CT molecular complexity index is 540. The number of hydrogen-bond donors (Lipinski definition) is 0. The molecule has 0 aliphatic rings. The Labute approximate surface area is 111 Å². The van der Waals surface area contributed by atoms with E-state index in [1.54, 1.807) is 17.3 Å². The van der Waals surface area contributed by atoms with Gasteiger partial charge in [0.25, 0.3) is 5.91 Å². The van der Waals surface area contributed by atoms with Crippen LogP contribution in [-0.4, -0.2) is 22.3 Å². The highest BCUT2D eigenvalue weighted by Gasteiger charge is 2.14. The van der Waals surface area contributed by atoms with E-state index in [0.717, 1.165) is 5.56 Å². The van der Waals surface area contributed by atoms with E-state index in [1.165, 1.54) is 24.3 Å². The summed E-state index contributed by atoms with van der Waals surface area (Å²) in [7, 11) is 0. The molecule has 1 aromatic heterocycles. The van der Waals surface area contributed by atoms with Crippen molar-refractivity contribution in [3.05, 3.63) is 65.7 Å². The van der Waals surface area contributed by atoms with Crippen molar-refractivity contribution in [1.82, 2.24) is 9.88 Å². The molecule has 0 aliphatic carbocycles. The first-order valence-corrected chi connectivity index (χ1v) is 6.14. The Hall–Kier alpha value is -2.23. The minimum absolute atomic E-state index is 0.0979. The number of carbonyl (C=O) groups is 1. The van der Waals surface area contributed by atoms with Crippen LogP contribution in [0.5, 0.6) is 0 Å². The number of aromatic nitrogens is 1. The molecule has 0 saturated carbocycles. The summed E-state index contributed by atoms with van der Waals surface area (Å²) in [5.74, 6) is -0.437. The van der Waals surface area contributed by atoms with Crippen LogP contribution < -0.4 is 0 Å². The van der Waals surface area contributed by atoms with Crippen molar-refractivity contribution in [3.8, 4) is 0 Å². The molecule has 3 nitrogen and oxygen atoms in total. The van der Waals surface area contributed by atoms with Gasteiger partial charge >= 0.3 is 0 Å². The monoisotopic (exact) mass is 258 g/mol. The molecule has 98 valence electrons. The SMILES string of the molecule is CCN(Cc1ccncc1)C(=O)c1ccc(F)cc1. The van der Waals surface area contributed by atoms with Crippen LogP contribution in [0.4, 0.5) is 4.39 Å². The highest BCUT2D eigenvalue weighted by Crippen LogP contribution is 2.10. The Morgan fingerprint density at radius 1 is 1.16 bits per heavy atom. The predicted molar refractivity (Wildman–Crippen MR) is 71.1 cm³/mol. The molecule has 4 heteroatoms.